The number of hydrogen-bond donors (Lipinski definition) is 2. The highest BCUT2D eigenvalue weighted by Gasteiger charge is 2.24. The fourth-order valence-corrected chi connectivity index (χ4v) is 4.50. The lowest BCUT2D eigenvalue weighted by Crippen LogP contribution is -2.37. The molecule has 0 bridgehead atoms. The number of anilines is 1. The number of fused-ring (bicyclic) bond motifs is 1. The lowest BCUT2D eigenvalue weighted by molar-refractivity contribution is -0.116. The van der Waals surface area contributed by atoms with E-state index in [1.165, 1.54) is 24.8 Å². The molecule has 5 nitrogen and oxygen atoms in total. The molecule has 2 aliphatic rings. The van der Waals surface area contributed by atoms with E-state index in [1.54, 1.807) is 0 Å². The van der Waals surface area contributed by atoms with Crippen molar-refractivity contribution in [3.63, 3.8) is 0 Å². The number of aromatic nitrogens is 1. The van der Waals surface area contributed by atoms with Gasteiger partial charge in [0, 0.05) is 53.4 Å². The summed E-state index contributed by atoms with van der Waals surface area (Å²) in [5, 5.41) is 6.77. The lowest BCUT2D eigenvalue weighted by atomic mass is 9.91. The quantitative estimate of drug-likeness (QED) is 0.773. The second kappa shape index (κ2) is 9.00. The number of carbonyl (C=O) groups is 1. The number of carbonyl (C=O) groups excluding carboxylic acids is 1. The van der Waals surface area contributed by atoms with Crippen LogP contribution < -0.4 is 10.6 Å². The molecule has 2 heterocycles. The Labute approximate surface area is 179 Å². The van der Waals surface area contributed by atoms with Gasteiger partial charge in [0.1, 0.15) is 0 Å². The maximum atomic E-state index is 13.2. The van der Waals surface area contributed by atoms with Crippen LogP contribution in [0.3, 0.4) is 0 Å². The summed E-state index contributed by atoms with van der Waals surface area (Å²) in [6.07, 6.45) is 11.7. The van der Waals surface area contributed by atoms with Gasteiger partial charge in [-0.3, -0.25) is 9.78 Å². The topological polar surface area (TPSA) is 57.3 Å². The standard InChI is InChI=1S/C25H32N4O/c1-17-11-23(25(30)28-21-7-5-4-6-8-21)22-13-19(9-10-24(22)27-17)20-12-18(14-26-15-20)16-29(2)3/h9-15,17,21,27H,4-8,16H2,1-3H3,(H,28,30). The van der Waals surface area contributed by atoms with E-state index < -0.39 is 0 Å². The Morgan fingerprint density at radius 3 is 2.70 bits per heavy atom. The second-order valence-corrected chi connectivity index (χ2v) is 8.90. The lowest BCUT2D eigenvalue weighted by Gasteiger charge is -2.27. The van der Waals surface area contributed by atoms with Crippen LogP contribution >= 0.6 is 0 Å². The van der Waals surface area contributed by atoms with Gasteiger partial charge in [-0.1, -0.05) is 25.3 Å². The van der Waals surface area contributed by atoms with Crippen LogP contribution in [0.1, 0.15) is 50.2 Å². The van der Waals surface area contributed by atoms with Crippen LogP contribution in [0.2, 0.25) is 0 Å². The number of hydrogen-bond acceptors (Lipinski definition) is 4. The first-order valence-electron chi connectivity index (χ1n) is 11.0. The van der Waals surface area contributed by atoms with Crippen molar-refractivity contribution in [1.82, 2.24) is 15.2 Å². The highest BCUT2D eigenvalue weighted by Crippen LogP contribution is 2.34. The normalized spacial score (nSPS) is 19.1. The van der Waals surface area contributed by atoms with Crippen molar-refractivity contribution in [2.24, 2.45) is 0 Å². The van der Waals surface area contributed by atoms with Gasteiger partial charge < -0.3 is 15.5 Å². The molecule has 1 unspecified atom stereocenters. The summed E-state index contributed by atoms with van der Waals surface area (Å²) in [6.45, 7) is 2.93. The van der Waals surface area contributed by atoms with E-state index in [9.17, 15) is 4.79 Å². The molecule has 0 saturated heterocycles. The van der Waals surface area contributed by atoms with Crippen molar-refractivity contribution in [1.29, 1.82) is 0 Å². The summed E-state index contributed by atoms with van der Waals surface area (Å²) in [5.41, 5.74) is 6.09. The van der Waals surface area contributed by atoms with Gasteiger partial charge in [0.15, 0.2) is 0 Å². The van der Waals surface area contributed by atoms with Crippen molar-refractivity contribution in [3.8, 4) is 11.1 Å². The third-order valence-electron chi connectivity index (χ3n) is 5.92. The van der Waals surface area contributed by atoms with Crippen LogP contribution in [0, 0.1) is 0 Å². The van der Waals surface area contributed by atoms with Gasteiger partial charge in [-0.2, -0.15) is 0 Å². The van der Waals surface area contributed by atoms with E-state index in [0.717, 1.165) is 47.3 Å². The first kappa shape index (κ1) is 20.6. The molecule has 1 saturated carbocycles. The molecule has 1 atom stereocenters. The SMILES string of the molecule is CC1C=C(C(=O)NC2CCCCC2)c2cc(-c3cncc(CN(C)C)c3)ccc2N1. The van der Waals surface area contributed by atoms with Crippen molar-refractivity contribution < 1.29 is 4.79 Å². The Balaban J connectivity index is 1.62. The first-order chi connectivity index (χ1) is 14.5. The van der Waals surface area contributed by atoms with Crippen molar-refractivity contribution >= 4 is 17.2 Å². The zero-order valence-electron chi connectivity index (χ0n) is 18.2. The molecule has 0 radical (unpaired) electrons. The Bertz CT molecular complexity index is 944. The summed E-state index contributed by atoms with van der Waals surface area (Å²) >= 11 is 0. The molecule has 2 N–H and O–H groups in total. The number of rotatable bonds is 5. The minimum atomic E-state index is 0.0492. The minimum absolute atomic E-state index is 0.0492. The third-order valence-corrected chi connectivity index (χ3v) is 5.92. The van der Waals surface area contributed by atoms with Crippen LogP contribution in [-0.2, 0) is 11.3 Å². The Hall–Kier alpha value is -2.66. The summed E-state index contributed by atoms with van der Waals surface area (Å²) < 4.78 is 0. The van der Waals surface area contributed by atoms with Crippen LogP contribution in [0.25, 0.3) is 16.7 Å². The molecule has 4 rings (SSSR count). The molecule has 1 aliphatic carbocycles. The fraction of sp³-hybridized carbons (Fsp3) is 0.440. The molecule has 30 heavy (non-hydrogen) atoms. The highest BCUT2D eigenvalue weighted by atomic mass is 16.1. The molecule has 1 aliphatic heterocycles. The molecule has 0 spiro atoms. The summed E-state index contributed by atoms with van der Waals surface area (Å²) in [4.78, 5) is 19.7. The van der Waals surface area contributed by atoms with E-state index in [4.69, 9.17) is 0 Å². The zero-order chi connectivity index (χ0) is 21.1. The molecule has 1 aromatic heterocycles. The monoisotopic (exact) mass is 404 g/mol. The third kappa shape index (κ3) is 4.73. The van der Waals surface area contributed by atoms with Gasteiger partial charge >= 0.3 is 0 Å². The van der Waals surface area contributed by atoms with E-state index in [2.05, 4.69) is 65.8 Å². The van der Waals surface area contributed by atoms with Crippen molar-refractivity contribution in [2.75, 3.05) is 19.4 Å². The zero-order valence-corrected chi connectivity index (χ0v) is 18.2. The van der Waals surface area contributed by atoms with Crippen molar-refractivity contribution in [2.45, 2.75) is 57.7 Å². The van der Waals surface area contributed by atoms with E-state index >= 15 is 0 Å². The predicted molar refractivity (Wildman–Crippen MR) is 123 cm³/mol. The summed E-state index contributed by atoms with van der Waals surface area (Å²) in [6, 6.07) is 8.92. The van der Waals surface area contributed by atoms with E-state index in [0.29, 0.717) is 6.04 Å². The number of nitrogens with zero attached hydrogens (tertiary/aromatic N) is 2. The molecular weight excluding hydrogens is 372 g/mol. The maximum Gasteiger partial charge on any atom is 0.251 e. The van der Waals surface area contributed by atoms with Gasteiger partial charge in [-0.25, -0.2) is 0 Å². The maximum absolute atomic E-state index is 13.2. The van der Waals surface area contributed by atoms with Crippen LogP contribution in [-0.4, -0.2) is 42.0 Å². The molecule has 5 heteroatoms. The largest absolute Gasteiger partial charge is 0.379 e. The number of amides is 1. The van der Waals surface area contributed by atoms with Crippen LogP contribution in [0.4, 0.5) is 5.69 Å². The van der Waals surface area contributed by atoms with Gasteiger partial charge in [0.05, 0.1) is 0 Å². The number of pyridine rings is 1. The summed E-state index contributed by atoms with van der Waals surface area (Å²) in [7, 11) is 4.11. The van der Waals surface area contributed by atoms with E-state index in [1.807, 2.05) is 18.5 Å². The van der Waals surface area contributed by atoms with Crippen LogP contribution in [0.15, 0.2) is 42.7 Å². The molecule has 1 amide bonds. The van der Waals surface area contributed by atoms with Gasteiger partial charge in [-0.15, -0.1) is 0 Å². The molecular formula is C25H32N4O. The Kier molecular flexibility index (Phi) is 6.18. The highest BCUT2D eigenvalue weighted by molar-refractivity contribution is 6.22. The molecule has 2 aromatic rings. The average Bonchev–Trinajstić information content (AvgIpc) is 2.73. The number of nitrogens with one attached hydrogen (secondary N) is 2. The molecule has 1 aromatic carbocycles. The fourth-order valence-electron chi connectivity index (χ4n) is 4.50. The Morgan fingerprint density at radius 2 is 1.93 bits per heavy atom. The van der Waals surface area contributed by atoms with Gasteiger partial charge in [-0.05, 0) is 69.3 Å². The Morgan fingerprint density at radius 1 is 1.13 bits per heavy atom. The molecule has 158 valence electrons. The van der Waals surface area contributed by atoms with E-state index in [-0.39, 0.29) is 11.9 Å². The first-order valence-corrected chi connectivity index (χ1v) is 11.0. The van der Waals surface area contributed by atoms with Crippen LogP contribution in [0.5, 0.6) is 0 Å². The minimum Gasteiger partial charge on any atom is -0.379 e. The number of benzene rings is 1. The van der Waals surface area contributed by atoms with Crippen molar-refractivity contribution in [3.05, 3.63) is 53.9 Å². The second-order valence-electron chi connectivity index (χ2n) is 8.90. The molecule has 1 fully saturated rings. The van der Waals surface area contributed by atoms with Gasteiger partial charge in [0.25, 0.3) is 5.91 Å². The average molecular weight is 405 g/mol. The van der Waals surface area contributed by atoms with Gasteiger partial charge in [0.2, 0.25) is 0 Å². The predicted octanol–water partition coefficient (Wildman–Crippen LogP) is 4.46. The smallest absolute Gasteiger partial charge is 0.251 e. The summed E-state index contributed by atoms with van der Waals surface area (Å²) in [5.74, 6) is 0.0492.